The normalized spacial score (nSPS) is 15.1. The second-order valence-corrected chi connectivity index (χ2v) is 12.8. The summed E-state index contributed by atoms with van der Waals surface area (Å²) >= 11 is 0. The van der Waals surface area contributed by atoms with Gasteiger partial charge in [-0.05, 0) is 49.7 Å². The van der Waals surface area contributed by atoms with Crippen molar-refractivity contribution in [2.75, 3.05) is 14.2 Å². The van der Waals surface area contributed by atoms with E-state index >= 15 is 0 Å². The van der Waals surface area contributed by atoms with Gasteiger partial charge >= 0.3 is 12.1 Å². The second-order valence-electron chi connectivity index (χ2n) is 8.36. The summed E-state index contributed by atoms with van der Waals surface area (Å²) in [5.41, 5.74) is -3.74. The lowest BCUT2D eigenvalue weighted by Gasteiger charge is -2.44. The number of rotatable bonds is 8. The van der Waals surface area contributed by atoms with Gasteiger partial charge in [-0.3, -0.25) is 4.79 Å². The van der Waals surface area contributed by atoms with E-state index in [1.165, 1.54) is 33.1 Å². The maximum Gasteiger partial charge on any atom is 0.416 e. The molecule has 0 aliphatic carbocycles. The van der Waals surface area contributed by atoms with E-state index in [4.69, 9.17) is 9.16 Å². The van der Waals surface area contributed by atoms with Crippen molar-refractivity contribution in [1.29, 1.82) is 0 Å². The zero-order valence-corrected chi connectivity index (χ0v) is 18.3. The molecule has 0 saturated heterocycles. The van der Waals surface area contributed by atoms with E-state index < -0.39 is 50.1 Å². The summed E-state index contributed by atoms with van der Waals surface area (Å²) in [7, 11) is -0.364. The van der Waals surface area contributed by atoms with Crippen LogP contribution in [0, 0.1) is 5.82 Å². The van der Waals surface area contributed by atoms with Crippen LogP contribution in [0.25, 0.3) is 0 Å². The van der Waals surface area contributed by atoms with Crippen LogP contribution < -0.4 is 4.74 Å². The molecular weight excluding hydrogens is 396 g/mol. The summed E-state index contributed by atoms with van der Waals surface area (Å²) in [6.07, 6.45) is -6.44. The van der Waals surface area contributed by atoms with Gasteiger partial charge in [0.05, 0.1) is 20.6 Å². The SMILES string of the molecule is COC(=O)C[C@](CC(C)(C)c1cc(F)ccc1OC)(O[Si](C)(C)C)C(F)(F)F. The summed E-state index contributed by atoms with van der Waals surface area (Å²) in [6, 6.07) is 3.68. The lowest BCUT2D eigenvalue weighted by Crippen LogP contribution is -2.57. The minimum atomic E-state index is -4.85. The number of carbonyl (C=O) groups excluding carboxylic acids is 1. The van der Waals surface area contributed by atoms with Gasteiger partial charge in [-0.25, -0.2) is 4.39 Å². The third kappa shape index (κ3) is 5.94. The molecule has 0 amide bonds. The molecule has 0 heterocycles. The van der Waals surface area contributed by atoms with Crippen molar-refractivity contribution in [3.8, 4) is 5.75 Å². The van der Waals surface area contributed by atoms with Crippen LogP contribution in [-0.2, 0) is 19.4 Å². The first-order valence-electron chi connectivity index (χ1n) is 8.75. The van der Waals surface area contributed by atoms with Gasteiger partial charge in [0.25, 0.3) is 0 Å². The first kappa shape index (κ1) is 24.4. The molecule has 0 unspecified atom stereocenters. The lowest BCUT2D eigenvalue weighted by atomic mass is 9.73. The second kappa shape index (κ2) is 8.40. The summed E-state index contributed by atoms with van der Waals surface area (Å²) in [6.45, 7) is 7.91. The van der Waals surface area contributed by atoms with Gasteiger partial charge in [-0.2, -0.15) is 13.2 Å². The molecule has 0 aliphatic heterocycles. The summed E-state index contributed by atoms with van der Waals surface area (Å²) in [4.78, 5) is 11.9. The molecule has 1 rings (SSSR count). The van der Waals surface area contributed by atoms with Gasteiger partial charge in [0, 0.05) is 5.56 Å². The molecule has 0 N–H and O–H groups in total. The standard InChI is InChI=1S/C19H28F4O4Si/c1-17(2,14-10-13(20)8-9-15(14)25-3)12-18(19(21,22)23,11-16(24)26-4)27-28(5,6)7/h8-10H,11-12H2,1-7H3/t18-/m1/s1. The third-order valence-corrected chi connectivity index (χ3v) is 5.30. The first-order chi connectivity index (χ1) is 12.6. The number of alkyl halides is 3. The molecule has 0 fully saturated rings. The number of benzene rings is 1. The summed E-state index contributed by atoms with van der Waals surface area (Å²) in [5.74, 6) is -1.37. The monoisotopic (exact) mass is 424 g/mol. The minimum absolute atomic E-state index is 0.257. The molecule has 160 valence electrons. The molecule has 0 bridgehead atoms. The molecule has 0 radical (unpaired) electrons. The van der Waals surface area contributed by atoms with Crippen LogP contribution in [0.2, 0.25) is 19.6 Å². The molecule has 9 heteroatoms. The molecule has 0 saturated carbocycles. The van der Waals surface area contributed by atoms with Gasteiger partial charge < -0.3 is 13.9 Å². The first-order valence-corrected chi connectivity index (χ1v) is 12.2. The molecule has 28 heavy (non-hydrogen) atoms. The molecular formula is C19H28F4O4Si. The molecule has 1 aromatic carbocycles. The van der Waals surface area contributed by atoms with Gasteiger partial charge in [0.1, 0.15) is 11.6 Å². The Kier molecular flexibility index (Phi) is 7.33. The van der Waals surface area contributed by atoms with Crippen molar-refractivity contribution < 1.29 is 36.3 Å². The van der Waals surface area contributed by atoms with E-state index in [1.54, 1.807) is 19.6 Å². The maximum atomic E-state index is 14.3. The Morgan fingerprint density at radius 1 is 1.11 bits per heavy atom. The molecule has 1 aromatic rings. The number of carbonyl (C=O) groups is 1. The van der Waals surface area contributed by atoms with Crippen LogP contribution >= 0.6 is 0 Å². The predicted molar refractivity (Wildman–Crippen MR) is 100 cm³/mol. The largest absolute Gasteiger partial charge is 0.496 e. The quantitative estimate of drug-likeness (QED) is 0.326. The Balaban J connectivity index is 3.57. The topological polar surface area (TPSA) is 44.8 Å². The minimum Gasteiger partial charge on any atom is -0.496 e. The van der Waals surface area contributed by atoms with E-state index in [0.717, 1.165) is 13.2 Å². The Hall–Kier alpha value is -1.61. The van der Waals surface area contributed by atoms with Crippen molar-refractivity contribution in [3.63, 3.8) is 0 Å². The number of methoxy groups -OCH3 is 2. The highest BCUT2D eigenvalue weighted by Gasteiger charge is 2.60. The summed E-state index contributed by atoms with van der Waals surface area (Å²) < 4.78 is 72.1. The van der Waals surface area contributed by atoms with E-state index in [9.17, 15) is 22.4 Å². The van der Waals surface area contributed by atoms with Crippen molar-refractivity contribution in [2.24, 2.45) is 0 Å². The van der Waals surface area contributed by atoms with Crippen molar-refractivity contribution in [1.82, 2.24) is 0 Å². The Bertz CT molecular complexity index is 698. The highest BCUT2D eigenvalue weighted by atomic mass is 28.4. The van der Waals surface area contributed by atoms with E-state index in [2.05, 4.69) is 4.74 Å². The number of halogens is 4. The number of hydrogen-bond acceptors (Lipinski definition) is 4. The van der Waals surface area contributed by atoms with Crippen molar-refractivity contribution in [3.05, 3.63) is 29.6 Å². The van der Waals surface area contributed by atoms with Crippen LogP contribution in [0.3, 0.4) is 0 Å². The predicted octanol–water partition coefficient (Wildman–Crippen LogP) is 5.22. The fourth-order valence-electron chi connectivity index (χ4n) is 3.30. The molecule has 0 aliphatic rings. The van der Waals surface area contributed by atoms with Crippen LogP contribution in [-0.4, -0.2) is 40.3 Å². The molecule has 0 spiro atoms. The van der Waals surface area contributed by atoms with E-state index in [0.29, 0.717) is 0 Å². The number of ether oxygens (including phenoxy) is 2. The van der Waals surface area contributed by atoms with Crippen LogP contribution in [0.1, 0.15) is 32.3 Å². The Morgan fingerprint density at radius 2 is 1.68 bits per heavy atom. The fraction of sp³-hybridized carbons (Fsp3) is 0.632. The van der Waals surface area contributed by atoms with Crippen LogP contribution in [0.15, 0.2) is 18.2 Å². The van der Waals surface area contributed by atoms with Crippen molar-refractivity contribution >= 4 is 14.3 Å². The average molecular weight is 425 g/mol. The van der Waals surface area contributed by atoms with Crippen molar-refractivity contribution in [2.45, 2.75) is 63.5 Å². The zero-order chi connectivity index (χ0) is 22.0. The van der Waals surface area contributed by atoms with Gasteiger partial charge in [0.15, 0.2) is 13.9 Å². The maximum absolute atomic E-state index is 14.3. The van der Waals surface area contributed by atoms with Crippen LogP contribution in [0.4, 0.5) is 17.6 Å². The fourth-order valence-corrected chi connectivity index (χ4v) is 4.73. The smallest absolute Gasteiger partial charge is 0.416 e. The zero-order valence-electron chi connectivity index (χ0n) is 17.3. The van der Waals surface area contributed by atoms with Crippen LogP contribution in [0.5, 0.6) is 5.75 Å². The highest BCUT2D eigenvalue weighted by molar-refractivity contribution is 6.69. The third-order valence-electron chi connectivity index (χ3n) is 4.29. The Labute approximate surface area is 164 Å². The van der Waals surface area contributed by atoms with E-state index in [1.807, 2.05) is 0 Å². The number of esters is 1. The van der Waals surface area contributed by atoms with E-state index in [-0.39, 0.29) is 11.3 Å². The number of hydrogen-bond donors (Lipinski definition) is 0. The lowest BCUT2D eigenvalue weighted by molar-refractivity contribution is -0.261. The highest BCUT2D eigenvalue weighted by Crippen LogP contribution is 2.48. The average Bonchev–Trinajstić information content (AvgIpc) is 2.51. The van der Waals surface area contributed by atoms with Gasteiger partial charge in [0.2, 0.25) is 0 Å². The molecule has 0 aromatic heterocycles. The molecule has 4 nitrogen and oxygen atoms in total. The summed E-state index contributed by atoms with van der Waals surface area (Å²) in [5, 5.41) is 0. The van der Waals surface area contributed by atoms with Gasteiger partial charge in [-0.15, -0.1) is 0 Å². The molecule has 1 atom stereocenters. The van der Waals surface area contributed by atoms with Gasteiger partial charge in [-0.1, -0.05) is 13.8 Å². The Morgan fingerprint density at radius 3 is 2.11 bits per heavy atom.